The number of carbonyl (C=O) groups is 1. The molecule has 0 radical (unpaired) electrons. The van der Waals surface area contributed by atoms with Gasteiger partial charge in [-0.3, -0.25) is 9.58 Å². The molecule has 0 aliphatic heterocycles. The van der Waals surface area contributed by atoms with E-state index >= 15 is 0 Å². The smallest absolute Gasteiger partial charge is 0.339 e. The first kappa shape index (κ1) is 14.0. The minimum absolute atomic E-state index is 0.102. The zero-order chi connectivity index (χ0) is 14.0. The van der Waals surface area contributed by atoms with Crippen LogP contribution < -0.4 is 0 Å². The summed E-state index contributed by atoms with van der Waals surface area (Å²) in [4.78, 5) is 13.2. The molecule has 2 rings (SSSR count). The summed E-state index contributed by atoms with van der Waals surface area (Å²) in [6, 6.07) is 0.102. The summed E-state index contributed by atoms with van der Waals surface area (Å²) in [6.07, 6.45) is 5.02. The fraction of sp³-hybridized carbons (Fsp3) is 0.692. The molecule has 0 aromatic carbocycles. The van der Waals surface area contributed by atoms with Crippen molar-refractivity contribution in [1.29, 1.82) is 0 Å². The van der Waals surface area contributed by atoms with E-state index in [0.717, 1.165) is 25.7 Å². The van der Waals surface area contributed by atoms with Crippen molar-refractivity contribution < 1.29 is 15.0 Å². The number of carboxylic acid groups (broad SMARTS) is 1. The van der Waals surface area contributed by atoms with Crippen molar-refractivity contribution in [3.05, 3.63) is 17.5 Å². The van der Waals surface area contributed by atoms with Gasteiger partial charge in [0.2, 0.25) is 0 Å². The van der Waals surface area contributed by atoms with Gasteiger partial charge in [-0.25, -0.2) is 4.79 Å². The lowest BCUT2D eigenvalue weighted by Crippen LogP contribution is -2.43. The molecule has 2 unspecified atom stereocenters. The highest BCUT2D eigenvalue weighted by Gasteiger charge is 2.28. The van der Waals surface area contributed by atoms with Crippen molar-refractivity contribution >= 4 is 5.97 Å². The van der Waals surface area contributed by atoms with E-state index < -0.39 is 5.97 Å². The summed E-state index contributed by atoms with van der Waals surface area (Å²) >= 11 is 0. The number of likely N-dealkylation sites (N-methyl/N-ethyl adjacent to an activating group) is 1. The lowest BCUT2D eigenvalue weighted by atomic mass is 9.91. The molecular weight excluding hydrogens is 246 g/mol. The van der Waals surface area contributed by atoms with Gasteiger partial charge in [0.1, 0.15) is 5.56 Å². The third kappa shape index (κ3) is 2.96. The maximum atomic E-state index is 11.1. The van der Waals surface area contributed by atoms with Crippen LogP contribution in [0.1, 0.15) is 41.7 Å². The molecule has 0 bridgehead atoms. The van der Waals surface area contributed by atoms with Gasteiger partial charge < -0.3 is 10.2 Å². The van der Waals surface area contributed by atoms with E-state index in [4.69, 9.17) is 5.11 Å². The van der Waals surface area contributed by atoms with Gasteiger partial charge >= 0.3 is 5.97 Å². The predicted molar refractivity (Wildman–Crippen MR) is 69.9 cm³/mol. The first-order valence-corrected chi connectivity index (χ1v) is 6.63. The number of aliphatic hydroxyl groups is 1. The van der Waals surface area contributed by atoms with Crippen LogP contribution in [0.25, 0.3) is 0 Å². The van der Waals surface area contributed by atoms with Gasteiger partial charge in [0.25, 0.3) is 0 Å². The van der Waals surface area contributed by atoms with Crippen LogP contribution in [0.3, 0.4) is 0 Å². The van der Waals surface area contributed by atoms with E-state index in [1.807, 2.05) is 11.9 Å². The van der Waals surface area contributed by atoms with Crippen LogP contribution in [0.5, 0.6) is 0 Å². The van der Waals surface area contributed by atoms with Crippen molar-refractivity contribution in [1.82, 2.24) is 14.7 Å². The third-order valence-electron chi connectivity index (χ3n) is 3.95. The Kier molecular flexibility index (Phi) is 4.21. The zero-order valence-corrected chi connectivity index (χ0v) is 11.4. The van der Waals surface area contributed by atoms with Crippen molar-refractivity contribution in [2.45, 2.75) is 44.4 Å². The Morgan fingerprint density at radius 2 is 2.21 bits per heavy atom. The number of rotatable bonds is 4. The molecule has 1 aromatic rings. The lowest BCUT2D eigenvalue weighted by Gasteiger charge is -2.35. The minimum atomic E-state index is -0.958. The molecule has 1 aromatic heterocycles. The van der Waals surface area contributed by atoms with Gasteiger partial charge in [-0.15, -0.1) is 0 Å². The zero-order valence-electron chi connectivity index (χ0n) is 11.4. The van der Waals surface area contributed by atoms with E-state index in [1.165, 1.54) is 6.20 Å². The quantitative estimate of drug-likeness (QED) is 0.845. The molecular formula is C13H21N3O3. The van der Waals surface area contributed by atoms with Crippen molar-refractivity contribution in [3.63, 3.8) is 0 Å². The molecule has 1 aliphatic rings. The van der Waals surface area contributed by atoms with Crippen LogP contribution in [0.4, 0.5) is 0 Å². The van der Waals surface area contributed by atoms with Crippen molar-refractivity contribution in [3.8, 4) is 0 Å². The van der Waals surface area contributed by atoms with Gasteiger partial charge in [0.05, 0.1) is 18.0 Å². The standard InChI is InChI=1S/C13H21N3O3/c1-15(10-5-3-4-6-12(10)17)8-11-9(13(18)19)7-14-16(11)2/h7,10,12,17H,3-6,8H2,1-2H3,(H,18,19). The maximum absolute atomic E-state index is 11.1. The molecule has 0 spiro atoms. The SMILES string of the molecule is CN(Cc1c(C(=O)O)cnn1C)C1CCCCC1O. The fourth-order valence-electron chi connectivity index (χ4n) is 2.79. The highest BCUT2D eigenvalue weighted by Crippen LogP contribution is 2.24. The Morgan fingerprint density at radius 3 is 2.84 bits per heavy atom. The van der Waals surface area contributed by atoms with E-state index in [-0.39, 0.29) is 17.7 Å². The van der Waals surface area contributed by atoms with Gasteiger partial charge in [0.15, 0.2) is 0 Å². The highest BCUT2D eigenvalue weighted by atomic mass is 16.4. The Morgan fingerprint density at radius 1 is 1.53 bits per heavy atom. The second-order valence-electron chi connectivity index (χ2n) is 5.27. The van der Waals surface area contributed by atoms with E-state index in [2.05, 4.69) is 5.10 Å². The van der Waals surface area contributed by atoms with Crippen molar-refractivity contribution in [2.24, 2.45) is 7.05 Å². The molecule has 1 fully saturated rings. The molecule has 106 valence electrons. The second-order valence-corrected chi connectivity index (χ2v) is 5.27. The van der Waals surface area contributed by atoms with Crippen LogP contribution in [0, 0.1) is 0 Å². The van der Waals surface area contributed by atoms with Crippen LogP contribution in [-0.4, -0.2) is 50.1 Å². The third-order valence-corrected chi connectivity index (χ3v) is 3.95. The van der Waals surface area contributed by atoms with Gasteiger partial charge in [0, 0.05) is 19.6 Å². The first-order valence-electron chi connectivity index (χ1n) is 6.63. The number of aromatic nitrogens is 2. The number of carboxylic acids is 1. The fourth-order valence-corrected chi connectivity index (χ4v) is 2.79. The molecule has 2 N–H and O–H groups in total. The van der Waals surface area contributed by atoms with Crippen LogP contribution in [0.2, 0.25) is 0 Å². The Balaban J connectivity index is 2.12. The first-order chi connectivity index (χ1) is 9.00. The molecule has 1 aliphatic carbocycles. The Bertz CT molecular complexity index is 458. The summed E-state index contributed by atoms with van der Waals surface area (Å²) in [6.45, 7) is 0.486. The summed E-state index contributed by atoms with van der Waals surface area (Å²) in [5.74, 6) is -0.958. The molecule has 0 amide bonds. The number of aromatic carboxylic acids is 1. The molecule has 1 saturated carbocycles. The predicted octanol–water partition coefficient (Wildman–Crippen LogP) is 0.854. The highest BCUT2D eigenvalue weighted by molar-refractivity contribution is 5.88. The van der Waals surface area contributed by atoms with Crippen LogP contribution in [0.15, 0.2) is 6.20 Å². The average molecular weight is 267 g/mol. The lowest BCUT2D eigenvalue weighted by molar-refractivity contribution is 0.0277. The largest absolute Gasteiger partial charge is 0.478 e. The summed E-state index contributed by atoms with van der Waals surface area (Å²) in [5, 5.41) is 23.2. The van der Waals surface area contributed by atoms with E-state index in [0.29, 0.717) is 12.2 Å². The molecule has 6 nitrogen and oxygen atoms in total. The topological polar surface area (TPSA) is 78.6 Å². The van der Waals surface area contributed by atoms with Gasteiger partial charge in [-0.2, -0.15) is 5.10 Å². The normalized spacial score (nSPS) is 23.8. The van der Waals surface area contributed by atoms with Crippen molar-refractivity contribution in [2.75, 3.05) is 7.05 Å². The van der Waals surface area contributed by atoms with E-state index in [9.17, 15) is 9.90 Å². The number of nitrogens with zero attached hydrogens (tertiary/aromatic N) is 3. The van der Waals surface area contributed by atoms with E-state index in [1.54, 1.807) is 11.7 Å². The molecule has 19 heavy (non-hydrogen) atoms. The summed E-state index contributed by atoms with van der Waals surface area (Å²) < 4.78 is 1.59. The number of hydrogen-bond donors (Lipinski definition) is 2. The molecule has 6 heteroatoms. The minimum Gasteiger partial charge on any atom is -0.478 e. The van der Waals surface area contributed by atoms with Gasteiger partial charge in [-0.05, 0) is 19.9 Å². The number of aliphatic hydroxyl groups excluding tert-OH is 1. The Hall–Kier alpha value is -1.40. The molecule has 2 atom stereocenters. The molecule has 1 heterocycles. The Labute approximate surface area is 112 Å². The van der Waals surface area contributed by atoms with Crippen LogP contribution >= 0.6 is 0 Å². The number of hydrogen-bond acceptors (Lipinski definition) is 4. The maximum Gasteiger partial charge on any atom is 0.339 e. The summed E-state index contributed by atoms with van der Waals surface area (Å²) in [5.41, 5.74) is 0.910. The van der Waals surface area contributed by atoms with Crippen LogP contribution in [-0.2, 0) is 13.6 Å². The molecule has 0 saturated heterocycles. The number of aryl methyl sites for hydroxylation is 1. The monoisotopic (exact) mass is 267 g/mol. The van der Waals surface area contributed by atoms with Gasteiger partial charge in [-0.1, -0.05) is 12.8 Å². The second kappa shape index (κ2) is 5.71. The summed E-state index contributed by atoms with van der Waals surface area (Å²) in [7, 11) is 3.67. The average Bonchev–Trinajstić information content (AvgIpc) is 2.71.